The van der Waals surface area contributed by atoms with Crippen molar-refractivity contribution in [1.82, 2.24) is 39.9 Å². The standard InChI is InChI=1S/C55H72Cl2N8O7Si/c1-37(58-31-40-19-22-43(57)29-48(40)72-44-23-24-45(59-32-44)47-33-60-49(63(47)7)34-62(5)6)51(68)61-46(35-71-73(9,10)54(2,3)4)53(70)64(8)55(30-39-17-20-42(56)21-18-39)25-14-26-65(36-55)52(69)41(28-50(66)67)27-38-15-12-11-13-16-38/h11-13,15-24,29,32-33,37,41,46,58H,14,25-28,30-31,34-36H2,1-10H3,(H,61,68)(H,66,67)/t37-,41+,46-,55+/m0/s1. The number of piperidine rings is 1. The number of amides is 3. The quantitative estimate of drug-likeness (QED) is 0.0565. The van der Waals surface area contributed by atoms with E-state index in [0.29, 0.717) is 53.9 Å². The number of pyridine rings is 1. The van der Waals surface area contributed by atoms with E-state index < -0.39 is 43.7 Å². The number of carbonyl (C=O) groups is 4. The maximum Gasteiger partial charge on any atom is 0.304 e. The smallest absolute Gasteiger partial charge is 0.304 e. The lowest BCUT2D eigenvalue weighted by molar-refractivity contribution is -0.150. The third kappa shape index (κ3) is 15.0. The second-order valence-electron chi connectivity index (χ2n) is 21.1. The van der Waals surface area contributed by atoms with Crippen LogP contribution in [0, 0.1) is 5.92 Å². The molecule has 0 spiro atoms. The van der Waals surface area contributed by atoms with E-state index in [4.69, 9.17) is 32.4 Å². The molecule has 0 saturated carbocycles. The molecule has 3 amide bonds. The average molecular weight is 1060 g/mol. The largest absolute Gasteiger partial charge is 0.481 e. The number of aliphatic carboxylic acids is 1. The molecule has 4 atom stereocenters. The fraction of sp³-hybridized carbons (Fsp3) is 0.455. The minimum absolute atomic E-state index is 0.0740. The van der Waals surface area contributed by atoms with Gasteiger partial charge in [-0.1, -0.05) is 92.5 Å². The number of aromatic nitrogens is 3. The Morgan fingerprint density at radius 2 is 1.62 bits per heavy atom. The zero-order chi connectivity index (χ0) is 53.3. The molecule has 3 N–H and O–H groups in total. The van der Waals surface area contributed by atoms with Gasteiger partial charge in [-0.15, -0.1) is 0 Å². The number of carboxylic acids is 1. The molecule has 73 heavy (non-hydrogen) atoms. The zero-order valence-electron chi connectivity index (χ0n) is 43.9. The van der Waals surface area contributed by atoms with E-state index in [9.17, 15) is 19.5 Å². The fourth-order valence-electron chi connectivity index (χ4n) is 8.84. The predicted octanol–water partition coefficient (Wildman–Crippen LogP) is 9.02. The van der Waals surface area contributed by atoms with Gasteiger partial charge in [-0.25, -0.2) is 4.98 Å². The van der Waals surface area contributed by atoms with Gasteiger partial charge in [-0.3, -0.25) is 24.2 Å². The van der Waals surface area contributed by atoms with Crippen molar-refractivity contribution < 1.29 is 33.4 Å². The molecule has 0 aliphatic carbocycles. The topological polar surface area (TPSA) is 171 Å². The number of rotatable bonds is 22. The van der Waals surface area contributed by atoms with Gasteiger partial charge in [0.05, 0.1) is 60.9 Å². The van der Waals surface area contributed by atoms with Crippen molar-refractivity contribution in [2.24, 2.45) is 13.0 Å². The Morgan fingerprint density at radius 1 is 0.918 bits per heavy atom. The molecular formula is C55H72Cl2N8O7Si. The Kier molecular flexibility index (Phi) is 19.1. The first kappa shape index (κ1) is 56.7. The van der Waals surface area contributed by atoms with E-state index in [1.54, 1.807) is 60.4 Å². The van der Waals surface area contributed by atoms with Crippen LogP contribution in [0.15, 0.2) is 97.3 Å². The fourth-order valence-corrected chi connectivity index (χ4v) is 10.1. The van der Waals surface area contributed by atoms with Gasteiger partial charge in [0.1, 0.15) is 23.4 Å². The van der Waals surface area contributed by atoms with Gasteiger partial charge < -0.3 is 44.2 Å². The molecule has 15 nitrogen and oxygen atoms in total. The van der Waals surface area contributed by atoms with Crippen LogP contribution in [0.25, 0.3) is 11.4 Å². The van der Waals surface area contributed by atoms with E-state index in [1.165, 1.54) is 0 Å². The number of imidazole rings is 1. The summed E-state index contributed by atoms with van der Waals surface area (Å²) < 4.78 is 15.0. The lowest BCUT2D eigenvalue weighted by atomic mass is 9.80. The molecule has 1 fully saturated rings. The molecule has 3 aromatic carbocycles. The molecule has 1 saturated heterocycles. The summed E-state index contributed by atoms with van der Waals surface area (Å²) in [5.74, 6) is -1.07. The Morgan fingerprint density at radius 3 is 2.26 bits per heavy atom. The number of likely N-dealkylation sites (N-methyl/N-ethyl adjacent to an activating group) is 1. The van der Waals surface area contributed by atoms with Gasteiger partial charge in [0.25, 0.3) is 0 Å². The highest BCUT2D eigenvalue weighted by Gasteiger charge is 2.46. The van der Waals surface area contributed by atoms with Crippen LogP contribution < -0.4 is 15.4 Å². The van der Waals surface area contributed by atoms with Gasteiger partial charge in [-0.05, 0) is 112 Å². The summed E-state index contributed by atoms with van der Waals surface area (Å²) in [6, 6.07) is 23.9. The van der Waals surface area contributed by atoms with Crippen LogP contribution in [0.2, 0.25) is 28.2 Å². The van der Waals surface area contributed by atoms with Crippen LogP contribution >= 0.6 is 23.2 Å². The number of hydrogen-bond acceptors (Lipinski definition) is 10. The van der Waals surface area contributed by atoms with Crippen LogP contribution in [0.1, 0.15) is 69.5 Å². The zero-order valence-corrected chi connectivity index (χ0v) is 46.4. The minimum atomic E-state index is -2.45. The number of carboxylic acid groups (broad SMARTS) is 1. The van der Waals surface area contributed by atoms with Crippen molar-refractivity contribution in [1.29, 1.82) is 0 Å². The minimum Gasteiger partial charge on any atom is -0.481 e. The van der Waals surface area contributed by atoms with Crippen LogP contribution in [0.4, 0.5) is 0 Å². The molecular weight excluding hydrogens is 984 g/mol. The van der Waals surface area contributed by atoms with E-state index in [1.807, 2.05) is 86.4 Å². The highest BCUT2D eigenvalue weighted by molar-refractivity contribution is 6.74. The SMILES string of the molecule is C[C@H](NCc1ccc(Cl)cc1Oc1ccc(-c2cnc(CN(C)C)n2C)nc1)C(=O)N[C@@H](CO[Si](C)(C)C(C)(C)C)C(=O)N(C)[C@@]1(Cc2ccc(Cl)cc2)CCCN(C(=O)[C@@H](CC(=O)O)Cc2ccccc2)C1. The number of nitrogens with zero attached hydrogens (tertiary/aromatic N) is 6. The maximum atomic E-state index is 15.3. The average Bonchev–Trinajstić information content (AvgIpc) is 3.70. The molecule has 6 rings (SSSR count). The van der Waals surface area contributed by atoms with Crippen molar-refractivity contribution in [2.45, 2.75) is 109 Å². The van der Waals surface area contributed by atoms with E-state index in [2.05, 4.69) is 59.4 Å². The number of nitrogens with one attached hydrogen (secondary N) is 2. The molecule has 1 aliphatic rings. The summed E-state index contributed by atoms with van der Waals surface area (Å²) >= 11 is 12.8. The summed E-state index contributed by atoms with van der Waals surface area (Å²) in [6.45, 7) is 13.6. The predicted molar refractivity (Wildman–Crippen MR) is 289 cm³/mol. The first-order valence-electron chi connectivity index (χ1n) is 24.8. The summed E-state index contributed by atoms with van der Waals surface area (Å²) in [4.78, 5) is 71.0. The number of halogens is 2. The Labute approximate surface area is 441 Å². The Balaban J connectivity index is 1.22. The second kappa shape index (κ2) is 24.6. The lowest BCUT2D eigenvalue weighted by Crippen LogP contribution is -2.65. The van der Waals surface area contributed by atoms with Crippen molar-refractivity contribution in [3.05, 3.63) is 130 Å². The molecule has 0 unspecified atom stereocenters. The van der Waals surface area contributed by atoms with Gasteiger partial charge in [0.2, 0.25) is 17.7 Å². The van der Waals surface area contributed by atoms with E-state index in [0.717, 1.165) is 33.9 Å². The van der Waals surface area contributed by atoms with Crippen LogP contribution in [-0.2, 0) is 56.6 Å². The van der Waals surface area contributed by atoms with Crippen molar-refractivity contribution >= 4 is 55.2 Å². The molecule has 0 bridgehead atoms. The van der Waals surface area contributed by atoms with Crippen LogP contribution in [-0.4, -0.2) is 125 Å². The first-order chi connectivity index (χ1) is 34.4. The van der Waals surface area contributed by atoms with Crippen LogP contribution in [0.3, 0.4) is 0 Å². The third-order valence-electron chi connectivity index (χ3n) is 14.3. The summed E-state index contributed by atoms with van der Waals surface area (Å²) in [5, 5.41) is 17.2. The molecule has 5 aromatic rings. The number of carbonyl (C=O) groups excluding carboxylic acids is 3. The molecule has 2 aromatic heterocycles. The number of likely N-dealkylation sites (tertiary alicyclic amines) is 1. The van der Waals surface area contributed by atoms with Crippen molar-refractivity contribution in [2.75, 3.05) is 40.8 Å². The van der Waals surface area contributed by atoms with E-state index in [-0.39, 0.29) is 49.4 Å². The Bertz CT molecular complexity index is 2680. The molecule has 3 heterocycles. The monoisotopic (exact) mass is 1050 g/mol. The maximum absolute atomic E-state index is 15.3. The number of benzene rings is 3. The normalized spacial score (nSPS) is 16.4. The number of hydrogen-bond donors (Lipinski definition) is 3. The highest BCUT2D eigenvalue weighted by atomic mass is 35.5. The summed E-state index contributed by atoms with van der Waals surface area (Å²) in [6.07, 6.45) is 4.84. The van der Waals surface area contributed by atoms with Crippen molar-refractivity contribution in [3.8, 4) is 22.9 Å². The second-order valence-corrected chi connectivity index (χ2v) is 26.8. The van der Waals surface area contributed by atoms with Gasteiger partial charge in [-0.2, -0.15) is 0 Å². The lowest BCUT2D eigenvalue weighted by Gasteiger charge is -2.50. The first-order valence-corrected chi connectivity index (χ1v) is 28.4. The molecule has 0 radical (unpaired) electrons. The van der Waals surface area contributed by atoms with Gasteiger partial charge >= 0.3 is 5.97 Å². The van der Waals surface area contributed by atoms with E-state index >= 15 is 4.79 Å². The molecule has 392 valence electrons. The van der Waals surface area contributed by atoms with Crippen molar-refractivity contribution in [3.63, 3.8) is 0 Å². The van der Waals surface area contributed by atoms with Gasteiger partial charge in [0.15, 0.2) is 8.32 Å². The van der Waals surface area contributed by atoms with Crippen LogP contribution in [0.5, 0.6) is 11.5 Å². The third-order valence-corrected chi connectivity index (χ3v) is 19.3. The molecule has 18 heteroatoms. The summed E-state index contributed by atoms with van der Waals surface area (Å²) in [7, 11) is 5.23. The highest BCUT2D eigenvalue weighted by Crippen LogP contribution is 2.38. The van der Waals surface area contributed by atoms with Gasteiger partial charge in [0, 0.05) is 49.3 Å². The summed E-state index contributed by atoms with van der Waals surface area (Å²) in [5.41, 5.74) is 3.16. The number of ether oxygens (including phenoxy) is 1. The molecule has 1 aliphatic heterocycles. The Hall–Kier alpha value is -5.62.